The van der Waals surface area contributed by atoms with Crippen LogP contribution in [0.2, 0.25) is 5.35 Å². The third-order valence-corrected chi connectivity index (χ3v) is 2.37. The fourth-order valence-corrected chi connectivity index (χ4v) is 1.61. The molecular formula is C10H7ClN2O3. The van der Waals surface area contributed by atoms with Crippen molar-refractivity contribution in [3.8, 4) is 11.5 Å². The molecule has 0 amide bonds. The highest BCUT2D eigenvalue weighted by Gasteiger charge is 2.26. The van der Waals surface area contributed by atoms with E-state index < -0.39 is 0 Å². The largest absolute Gasteiger partial charge is 0.485 e. The molecule has 1 atom stereocenters. The van der Waals surface area contributed by atoms with Gasteiger partial charge in [-0.1, -0.05) is 17.3 Å². The predicted molar refractivity (Wildman–Crippen MR) is 54.6 cm³/mol. The number of hydrogen-bond acceptors (Lipinski definition) is 5. The lowest BCUT2D eigenvalue weighted by atomic mass is 10.2. The Hall–Kier alpha value is -1.75. The maximum Gasteiger partial charge on any atom is 0.320 e. The molecule has 1 aliphatic heterocycles. The van der Waals surface area contributed by atoms with Crippen molar-refractivity contribution < 1.29 is 14.0 Å². The zero-order valence-corrected chi connectivity index (χ0v) is 8.85. The Morgan fingerprint density at radius 3 is 2.81 bits per heavy atom. The average Bonchev–Trinajstić information content (AvgIpc) is 2.75. The number of fused-ring (bicyclic) bond motifs is 1. The van der Waals surface area contributed by atoms with Gasteiger partial charge in [0, 0.05) is 0 Å². The fourth-order valence-electron chi connectivity index (χ4n) is 1.49. The van der Waals surface area contributed by atoms with E-state index in [4.69, 9.17) is 21.1 Å². The van der Waals surface area contributed by atoms with Gasteiger partial charge in [-0.15, -0.1) is 0 Å². The summed E-state index contributed by atoms with van der Waals surface area (Å²) in [6.45, 7) is 0.340. The molecule has 1 aromatic heterocycles. The van der Waals surface area contributed by atoms with Gasteiger partial charge in [-0.25, -0.2) is 0 Å². The molecule has 6 heteroatoms. The van der Waals surface area contributed by atoms with Crippen LogP contribution in [0.5, 0.6) is 11.5 Å². The minimum atomic E-state index is -0.383. The van der Waals surface area contributed by atoms with Gasteiger partial charge in [0.25, 0.3) is 0 Å². The molecule has 3 rings (SSSR count). The van der Waals surface area contributed by atoms with Crippen LogP contribution < -0.4 is 9.47 Å². The first-order valence-corrected chi connectivity index (χ1v) is 5.08. The van der Waals surface area contributed by atoms with Gasteiger partial charge < -0.3 is 14.0 Å². The highest BCUT2D eigenvalue weighted by molar-refractivity contribution is 6.27. The number of hydrogen-bond donors (Lipinski definition) is 0. The molecule has 0 spiro atoms. The molecule has 0 bridgehead atoms. The molecule has 0 radical (unpaired) electrons. The number of nitrogens with zero attached hydrogens (tertiary/aromatic N) is 2. The SMILES string of the molecule is Clc1nc(C2COc3ccccc3O2)no1. The topological polar surface area (TPSA) is 57.4 Å². The summed E-state index contributed by atoms with van der Waals surface area (Å²) in [5, 5.41) is 3.69. The fraction of sp³-hybridized carbons (Fsp3) is 0.200. The van der Waals surface area contributed by atoms with Gasteiger partial charge in [0.2, 0.25) is 5.82 Å². The first-order chi connectivity index (χ1) is 7.83. The molecule has 0 saturated carbocycles. The quantitative estimate of drug-likeness (QED) is 0.763. The van der Waals surface area contributed by atoms with Crippen molar-refractivity contribution in [3.05, 3.63) is 35.4 Å². The third-order valence-electron chi connectivity index (χ3n) is 2.21. The molecule has 2 heterocycles. The monoisotopic (exact) mass is 238 g/mol. The minimum Gasteiger partial charge on any atom is -0.485 e. The molecule has 0 N–H and O–H groups in total. The number of rotatable bonds is 1. The lowest BCUT2D eigenvalue weighted by Gasteiger charge is -2.23. The van der Waals surface area contributed by atoms with Crippen molar-refractivity contribution in [3.63, 3.8) is 0 Å². The van der Waals surface area contributed by atoms with Gasteiger partial charge in [-0.3, -0.25) is 0 Å². The van der Waals surface area contributed by atoms with Crippen LogP contribution >= 0.6 is 11.6 Å². The van der Waals surface area contributed by atoms with E-state index in [1.807, 2.05) is 24.3 Å². The predicted octanol–water partition coefficient (Wildman–Crippen LogP) is 2.24. The second-order valence-electron chi connectivity index (χ2n) is 3.27. The number of para-hydroxylation sites is 2. The Balaban J connectivity index is 1.88. The molecule has 1 unspecified atom stereocenters. The van der Waals surface area contributed by atoms with Gasteiger partial charge in [0.1, 0.15) is 6.61 Å². The average molecular weight is 239 g/mol. The van der Waals surface area contributed by atoms with Crippen LogP contribution in [0.4, 0.5) is 0 Å². The summed E-state index contributed by atoms with van der Waals surface area (Å²) < 4.78 is 15.8. The lowest BCUT2D eigenvalue weighted by Crippen LogP contribution is -2.22. The highest BCUT2D eigenvalue weighted by Crippen LogP contribution is 2.35. The summed E-state index contributed by atoms with van der Waals surface area (Å²) in [6, 6.07) is 7.42. The van der Waals surface area contributed by atoms with E-state index in [1.165, 1.54) is 0 Å². The maximum atomic E-state index is 5.66. The molecule has 0 aliphatic carbocycles. The molecule has 2 aromatic rings. The van der Waals surface area contributed by atoms with Crippen LogP contribution in [0.1, 0.15) is 11.9 Å². The zero-order valence-electron chi connectivity index (χ0n) is 8.09. The summed E-state index contributed by atoms with van der Waals surface area (Å²) in [7, 11) is 0. The van der Waals surface area contributed by atoms with Crippen LogP contribution in [0.15, 0.2) is 28.8 Å². The molecule has 1 aliphatic rings. The maximum absolute atomic E-state index is 5.66. The first-order valence-electron chi connectivity index (χ1n) is 4.70. The number of aromatic nitrogens is 2. The summed E-state index contributed by atoms with van der Waals surface area (Å²) >= 11 is 5.54. The van der Waals surface area contributed by atoms with E-state index in [0.29, 0.717) is 23.9 Å². The first kappa shape index (κ1) is 9.47. The second kappa shape index (κ2) is 3.68. The Kier molecular flexibility index (Phi) is 2.18. The smallest absolute Gasteiger partial charge is 0.320 e. The van der Waals surface area contributed by atoms with Crippen molar-refractivity contribution in [1.82, 2.24) is 10.1 Å². The molecule has 0 saturated heterocycles. The van der Waals surface area contributed by atoms with Crippen molar-refractivity contribution >= 4 is 11.6 Å². The molecule has 1 aromatic carbocycles. The Bertz CT molecular complexity index is 514. The van der Waals surface area contributed by atoms with Crippen molar-refractivity contribution in [2.45, 2.75) is 6.10 Å². The number of benzene rings is 1. The van der Waals surface area contributed by atoms with E-state index in [9.17, 15) is 0 Å². The Morgan fingerprint density at radius 1 is 1.25 bits per heavy atom. The van der Waals surface area contributed by atoms with E-state index in [1.54, 1.807) is 0 Å². The summed E-state index contributed by atoms with van der Waals surface area (Å²) in [5.74, 6) is 1.77. The van der Waals surface area contributed by atoms with Gasteiger partial charge in [0.05, 0.1) is 0 Å². The van der Waals surface area contributed by atoms with Crippen LogP contribution in [-0.4, -0.2) is 16.7 Å². The highest BCUT2D eigenvalue weighted by atomic mass is 35.5. The van der Waals surface area contributed by atoms with Crippen LogP contribution in [-0.2, 0) is 0 Å². The lowest BCUT2D eigenvalue weighted by molar-refractivity contribution is 0.0832. The summed E-state index contributed by atoms with van der Waals surface area (Å²) in [4.78, 5) is 3.89. The van der Waals surface area contributed by atoms with Gasteiger partial charge in [-0.05, 0) is 23.7 Å². The third kappa shape index (κ3) is 1.59. The molecule has 5 nitrogen and oxygen atoms in total. The van der Waals surface area contributed by atoms with Crippen molar-refractivity contribution in [2.75, 3.05) is 6.61 Å². The Morgan fingerprint density at radius 2 is 2.06 bits per heavy atom. The van der Waals surface area contributed by atoms with Gasteiger partial charge >= 0.3 is 5.35 Å². The van der Waals surface area contributed by atoms with Crippen LogP contribution in [0, 0.1) is 0 Å². The van der Waals surface area contributed by atoms with E-state index in [0.717, 1.165) is 0 Å². The van der Waals surface area contributed by atoms with Crippen LogP contribution in [0.25, 0.3) is 0 Å². The summed E-state index contributed by atoms with van der Waals surface area (Å²) in [6.07, 6.45) is -0.383. The zero-order chi connectivity index (χ0) is 11.0. The molecule has 16 heavy (non-hydrogen) atoms. The number of ether oxygens (including phenoxy) is 2. The molecule has 82 valence electrons. The second-order valence-corrected chi connectivity index (χ2v) is 3.59. The van der Waals surface area contributed by atoms with E-state index >= 15 is 0 Å². The van der Waals surface area contributed by atoms with E-state index in [-0.39, 0.29) is 11.5 Å². The summed E-state index contributed by atoms with van der Waals surface area (Å²) in [5.41, 5.74) is 0. The minimum absolute atomic E-state index is 0.00235. The van der Waals surface area contributed by atoms with Gasteiger partial charge in [0.15, 0.2) is 17.6 Å². The van der Waals surface area contributed by atoms with E-state index in [2.05, 4.69) is 14.7 Å². The van der Waals surface area contributed by atoms with Crippen molar-refractivity contribution in [1.29, 1.82) is 0 Å². The normalized spacial score (nSPS) is 18.4. The standard InChI is InChI=1S/C10H7ClN2O3/c11-10-12-9(13-16-10)8-5-14-6-3-1-2-4-7(6)15-8/h1-4,8H,5H2. The molecular weight excluding hydrogens is 232 g/mol. The number of halogens is 1. The molecule has 0 fully saturated rings. The Labute approximate surface area is 95.9 Å². The van der Waals surface area contributed by atoms with Crippen molar-refractivity contribution in [2.24, 2.45) is 0 Å². The van der Waals surface area contributed by atoms with Crippen LogP contribution in [0.3, 0.4) is 0 Å². The van der Waals surface area contributed by atoms with Gasteiger partial charge in [-0.2, -0.15) is 4.98 Å².